The number of hydrogen-bond acceptors (Lipinski definition) is 7. The molecule has 0 bridgehead atoms. The molecule has 3 heterocycles. The molecule has 0 spiro atoms. The van der Waals surface area contributed by atoms with E-state index in [0.29, 0.717) is 17.5 Å². The summed E-state index contributed by atoms with van der Waals surface area (Å²) in [5.41, 5.74) is 2.05. The van der Waals surface area contributed by atoms with Gasteiger partial charge in [-0.1, -0.05) is 0 Å². The van der Waals surface area contributed by atoms with Crippen molar-refractivity contribution >= 4 is 22.4 Å². The van der Waals surface area contributed by atoms with Crippen LogP contribution in [0.4, 0.5) is 5.13 Å². The van der Waals surface area contributed by atoms with Crippen molar-refractivity contribution in [2.75, 3.05) is 19.0 Å². The van der Waals surface area contributed by atoms with Crippen molar-refractivity contribution in [3.8, 4) is 17.0 Å². The van der Waals surface area contributed by atoms with Gasteiger partial charge in [0.25, 0.3) is 5.91 Å². The number of hydrogen-bond donors (Lipinski definition) is 1. The molecule has 1 amide bonds. The molecule has 1 saturated heterocycles. The Kier molecular flexibility index (Phi) is 4.91. The van der Waals surface area contributed by atoms with E-state index in [1.54, 1.807) is 7.11 Å². The fraction of sp³-hybridized carbons (Fsp3) is 0.316. The van der Waals surface area contributed by atoms with E-state index in [-0.39, 0.29) is 17.7 Å². The van der Waals surface area contributed by atoms with E-state index in [2.05, 4.69) is 15.3 Å². The van der Waals surface area contributed by atoms with Gasteiger partial charge >= 0.3 is 0 Å². The molecule has 1 unspecified atom stereocenters. The van der Waals surface area contributed by atoms with Gasteiger partial charge in [0, 0.05) is 17.0 Å². The van der Waals surface area contributed by atoms with Gasteiger partial charge in [0.2, 0.25) is 0 Å². The molecule has 0 saturated carbocycles. The Morgan fingerprint density at radius 1 is 1.33 bits per heavy atom. The lowest BCUT2D eigenvalue weighted by atomic mass is 10.1. The first-order valence-corrected chi connectivity index (χ1v) is 9.45. The fourth-order valence-electron chi connectivity index (χ4n) is 3.06. The van der Waals surface area contributed by atoms with Crippen molar-refractivity contribution < 1.29 is 18.7 Å². The van der Waals surface area contributed by atoms with E-state index in [1.807, 2.05) is 31.2 Å². The Morgan fingerprint density at radius 3 is 2.85 bits per heavy atom. The van der Waals surface area contributed by atoms with Crippen LogP contribution in [0.3, 0.4) is 0 Å². The zero-order valence-electron chi connectivity index (χ0n) is 15.0. The lowest BCUT2D eigenvalue weighted by Gasteiger charge is -2.07. The number of aromatic nitrogens is 2. The van der Waals surface area contributed by atoms with Crippen LogP contribution in [0.2, 0.25) is 0 Å². The third kappa shape index (κ3) is 3.58. The number of rotatable bonds is 5. The van der Waals surface area contributed by atoms with Gasteiger partial charge in [-0.15, -0.1) is 11.3 Å². The minimum atomic E-state index is -0.343. The summed E-state index contributed by atoms with van der Waals surface area (Å²) in [5.74, 6) is 0.922. The molecule has 0 radical (unpaired) electrons. The highest BCUT2D eigenvalue weighted by Gasteiger charge is 2.28. The maximum atomic E-state index is 12.7. The first-order chi connectivity index (χ1) is 13.2. The third-order valence-electron chi connectivity index (χ3n) is 4.41. The topological polar surface area (TPSA) is 86.5 Å². The Morgan fingerprint density at radius 2 is 2.15 bits per heavy atom. The maximum Gasteiger partial charge on any atom is 0.279 e. The minimum absolute atomic E-state index is 0.207. The van der Waals surface area contributed by atoms with Gasteiger partial charge in [-0.05, 0) is 44.0 Å². The van der Waals surface area contributed by atoms with Gasteiger partial charge in [-0.25, -0.2) is 9.97 Å². The number of carbonyl (C=O) groups is 1. The molecule has 1 aromatic carbocycles. The van der Waals surface area contributed by atoms with Gasteiger partial charge in [0.1, 0.15) is 11.9 Å². The highest BCUT2D eigenvalue weighted by Crippen LogP contribution is 2.33. The van der Waals surface area contributed by atoms with Crippen LogP contribution in [0.25, 0.3) is 11.3 Å². The van der Waals surface area contributed by atoms with Crippen LogP contribution in [0.5, 0.6) is 5.75 Å². The van der Waals surface area contributed by atoms with Gasteiger partial charge in [-0.3, -0.25) is 10.1 Å². The number of aryl methyl sites for hydroxylation is 1. The first-order valence-electron chi connectivity index (χ1n) is 8.64. The van der Waals surface area contributed by atoms with E-state index in [4.69, 9.17) is 13.9 Å². The molecule has 1 N–H and O–H groups in total. The molecule has 27 heavy (non-hydrogen) atoms. The van der Waals surface area contributed by atoms with Gasteiger partial charge in [0.05, 0.1) is 12.8 Å². The quantitative estimate of drug-likeness (QED) is 0.708. The zero-order valence-corrected chi connectivity index (χ0v) is 15.8. The molecular weight excluding hydrogens is 366 g/mol. The standard InChI is InChI=1S/C19H19N3O4S/c1-11-15(12-5-7-13(24-2)8-6-12)21-19(27-11)22-18(23)16-17(26-10-20-16)14-4-3-9-25-14/h5-8,10,14H,3-4,9H2,1-2H3,(H,21,22,23). The smallest absolute Gasteiger partial charge is 0.279 e. The van der Waals surface area contributed by atoms with Crippen molar-refractivity contribution in [2.24, 2.45) is 0 Å². The van der Waals surface area contributed by atoms with Crippen molar-refractivity contribution in [1.29, 1.82) is 0 Å². The second-order valence-electron chi connectivity index (χ2n) is 6.17. The van der Waals surface area contributed by atoms with E-state index >= 15 is 0 Å². The molecule has 1 atom stereocenters. The van der Waals surface area contributed by atoms with Crippen LogP contribution in [-0.2, 0) is 4.74 Å². The summed E-state index contributed by atoms with van der Waals surface area (Å²) >= 11 is 1.42. The molecule has 140 valence electrons. The Balaban J connectivity index is 1.53. The summed E-state index contributed by atoms with van der Waals surface area (Å²) in [7, 11) is 1.63. The highest BCUT2D eigenvalue weighted by molar-refractivity contribution is 7.16. The second kappa shape index (κ2) is 7.50. The zero-order chi connectivity index (χ0) is 18.8. The van der Waals surface area contributed by atoms with Crippen LogP contribution in [0.1, 0.15) is 40.1 Å². The van der Waals surface area contributed by atoms with Crippen LogP contribution in [0, 0.1) is 6.92 Å². The number of benzene rings is 1. The molecule has 1 aliphatic rings. The van der Waals surface area contributed by atoms with Crippen LogP contribution in [0.15, 0.2) is 35.1 Å². The monoisotopic (exact) mass is 385 g/mol. The highest BCUT2D eigenvalue weighted by atomic mass is 32.1. The predicted molar refractivity (Wildman–Crippen MR) is 101 cm³/mol. The number of thiazole rings is 1. The second-order valence-corrected chi connectivity index (χ2v) is 7.38. The number of nitrogens with one attached hydrogen (secondary N) is 1. The Bertz CT molecular complexity index is 942. The summed E-state index contributed by atoms with van der Waals surface area (Å²) in [4.78, 5) is 22.3. The van der Waals surface area contributed by atoms with Crippen molar-refractivity contribution in [1.82, 2.24) is 9.97 Å². The Labute approximate surface area is 160 Å². The molecule has 4 rings (SSSR count). The summed E-state index contributed by atoms with van der Waals surface area (Å²) in [6.07, 6.45) is 2.85. The van der Waals surface area contributed by atoms with Crippen molar-refractivity contribution in [2.45, 2.75) is 25.9 Å². The first kappa shape index (κ1) is 17.7. The lowest BCUT2D eigenvalue weighted by molar-refractivity contribution is 0.0889. The molecule has 2 aromatic heterocycles. The normalized spacial score (nSPS) is 16.4. The van der Waals surface area contributed by atoms with Gasteiger partial charge in [0.15, 0.2) is 23.0 Å². The van der Waals surface area contributed by atoms with Crippen molar-refractivity contribution in [3.63, 3.8) is 0 Å². The molecule has 1 aliphatic heterocycles. The molecule has 1 fully saturated rings. The van der Waals surface area contributed by atoms with Gasteiger partial charge in [-0.2, -0.15) is 0 Å². The van der Waals surface area contributed by atoms with Crippen LogP contribution >= 0.6 is 11.3 Å². The summed E-state index contributed by atoms with van der Waals surface area (Å²) in [5, 5.41) is 3.35. The lowest BCUT2D eigenvalue weighted by Crippen LogP contribution is -2.15. The van der Waals surface area contributed by atoms with E-state index in [9.17, 15) is 4.79 Å². The largest absolute Gasteiger partial charge is 0.497 e. The number of anilines is 1. The molecule has 3 aromatic rings. The average molecular weight is 385 g/mol. The summed E-state index contributed by atoms with van der Waals surface area (Å²) in [6.45, 7) is 2.64. The number of nitrogens with zero attached hydrogens (tertiary/aromatic N) is 2. The maximum absolute atomic E-state index is 12.7. The van der Waals surface area contributed by atoms with E-state index in [1.165, 1.54) is 17.7 Å². The van der Waals surface area contributed by atoms with Crippen LogP contribution < -0.4 is 10.1 Å². The minimum Gasteiger partial charge on any atom is -0.497 e. The van der Waals surface area contributed by atoms with E-state index < -0.39 is 0 Å². The number of methoxy groups -OCH3 is 1. The summed E-state index contributed by atoms with van der Waals surface area (Å²) in [6, 6.07) is 7.66. The average Bonchev–Trinajstić information content (AvgIpc) is 3.42. The third-order valence-corrected chi connectivity index (χ3v) is 5.30. The Hall–Kier alpha value is -2.71. The molecule has 0 aliphatic carbocycles. The van der Waals surface area contributed by atoms with Crippen LogP contribution in [-0.4, -0.2) is 29.6 Å². The number of oxazole rings is 1. The summed E-state index contributed by atoms with van der Waals surface area (Å²) < 4.78 is 16.2. The number of ether oxygens (including phenoxy) is 2. The van der Waals surface area contributed by atoms with Crippen molar-refractivity contribution in [3.05, 3.63) is 47.0 Å². The number of carbonyl (C=O) groups excluding carboxylic acids is 1. The molecular formula is C19H19N3O4S. The SMILES string of the molecule is COc1ccc(-c2nc(NC(=O)c3ncoc3C3CCCO3)sc2C)cc1. The fourth-order valence-corrected chi connectivity index (χ4v) is 3.89. The molecule has 7 nitrogen and oxygen atoms in total. The number of amides is 1. The molecule has 8 heteroatoms. The predicted octanol–water partition coefficient (Wildman–Crippen LogP) is 4.22. The van der Waals surface area contributed by atoms with Gasteiger partial charge < -0.3 is 13.9 Å². The van der Waals surface area contributed by atoms with E-state index in [0.717, 1.165) is 34.7 Å².